The maximum atomic E-state index is 13.1. The molecule has 8 heteroatoms. The standard InChI is InChI=1S/C23H23N5O3/c1-15-13-24-22(29)28(15)19-10-4-2-8-17(19)26-23(30)27-12-6-7-16(14-27)21-25-18-9-3-5-11-20(18)31-21/h2-5,8-11,13,16H,6-7,12,14H2,1H3,(H,24,29)(H,26,30). The fourth-order valence-corrected chi connectivity index (χ4v) is 4.15. The molecule has 0 saturated carbocycles. The number of carbonyl (C=O) groups excluding carboxylic acids is 1. The number of carbonyl (C=O) groups is 1. The number of nitrogens with one attached hydrogen (secondary N) is 2. The molecular formula is C23H23N5O3. The maximum absolute atomic E-state index is 13.1. The predicted molar refractivity (Wildman–Crippen MR) is 118 cm³/mol. The highest BCUT2D eigenvalue weighted by molar-refractivity contribution is 5.91. The number of benzene rings is 2. The Balaban J connectivity index is 1.36. The van der Waals surface area contributed by atoms with Gasteiger partial charge in [0.1, 0.15) is 5.52 Å². The zero-order valence-corrected chi connectivity index (χ0v) is 17.2. The quantitative estimate of drug-likeness (QED) is 0.526. The van der Waals surface area contributed by atoms with Gasteiger partial charge in [0, 0.05) is 25.0 Å². The molecule has 2 N–H and O–H groups in total. The van der Waals surface area contributed by atoms with Gasteiger partial charge < -0.3 is 19.6 Å². The number of para-hydroxylation sites is 4. The topological polar surface area (TPSA) is 96.2 Å². The first-order valence-electron chi connectivity index (χ1n) is 10.4. The lowest BCUT2D eigenvalue weighted by atomic mass is 9.98. The van der Waals surface area contributed by atoms with Crippen LogP contribution in [0.3, 0.4) is 0 Å². The molecular weight excluding hydrogens is 394 g/mol. The summed E-state index contributed by atoms with van der Waals surface area (Å²) in [4.78, 5) is 34.4. The Labute approximate surface area is 178 Å². The summed E-state index contributed by atoms with van der Waals surface area (Å²) in [6.07, 6.45) is 3.44. The number of oxazole rings is 1. The van der Waals surface area contributed by atoms with E-state index in [1.165, 1.54) is 0 Å². The molecule has 2 amide bonds. The van der Waals surface area contributed by atoms with Crippen LogP contribution < -0.4 is 11.0 Å². The molecule has 0 bridgehead atoms. The molecule has 5 rings (SSSR count). The van der Waals surface area contributed by atoms with Crippen LogP contribution in [0.25, 0.3) is 16.8 Å². The molecule has 31 heavy (non-hydrogen) atoms. The lowest BCUT2D eigenvalue weighted by Crippen LogP contribution is -2.41. The fourth-order valence-electron chi connectivity index (χ4n) is 4.15. The van der Waals surface area contributed by atoms with Crippen LogP contribution in [0.5, 0.6) is 0 Å². The number of aryl methyl sites for hydroxylation is 1. The number of aromatic nitrogens is 3. The van der Waals surface area contributed by atoms with Gasteiger partial charge in [0.25, 0.3) is 0 Å². The number of anilines is 1. The minimum Gasteiger partial charge on any atom is -0.440 e. The number of urea groups is 1. The number of rotatable bonds is 3. The summed E-state index contributed by atoms with van der Waals surface area (Å²) in [6.45, 7) is 3.03. The van der Waals surface area contributed by atoms with Crippen molar-refractivity contribution in [3.63, 3.8) is 0 Å². The van der Waals surface area contributed by atoms with Gasteiger partial charge in [0.15, 0.2) is 11.5 Å². The van der Waals surface area contributed by atoms with Crippen molar-refractivity contribution < 1.29 is 9.21 Å². The average Bonchev–Trinajstić information content (AvgIpc) is 3.37. The number of imidazole rings is 1. The molecule has 158 valence electrons. The Morgan fingerprint density at radius 3 is 2.81 bits per heavy atom. The number of fused-ring (bicyclic) bond motifs is 1. The second-order valence-electron chi connectivity index (χ2n) is 7.82. The van der Waals surface area contributed by atoms with Crippen LogP contribution in [0.2, 0.25) is 0 Å². The summed E-state index contributed by atoms with van der Waals surface area (Å²) in [5.41, 5.74) is 3.34. The molecule has 1 saturated heterocycles. The summed E-state index contributed by atoms with van der Waals surface area (Å²) in [7, 11) is 0. The summed E-state index contributed by atoms with van der Waals surface area (Å²) < 4.78 is 7.49. The van der Waals surface area contributed by atoms with Crippen molar-refractivity contribution in [1.29, 1.82) is 0 Å². The molecule has 1 atom stereocenters. The smallest absolute Gasteiger partial charge is 0.330 e. The molecule has 0 spiro atoms. The predicted octanol–water partition coefficient (Wildman–Crippen LogP) is 4.03. The van der Waals surface area contributed by atoms with E-state index in [-0.39, 0.29) is 17.6 Å². The van der Waals surface area contributed by atoms with Crippen molar-refractivity contribution in [3.05, 3.63) is 76.8 Å². The Morgan fingerprint density at radius 1 is 1.19 bits per heavy atom. The molecule has 1 aliphatic heterocycles. The van der Waals surface area contributed by atoms with E-state index in [4.69, 9.17) is 4.42 Å². The van der Waals surface area contributed by atoms with Gasteiger partial charge in [-0.15, -0.1) is 0 Å². The molecule has 2 aromatic heterocycles. The average molecular weight is 417 g/mol. The monoisotopic (exact) mass is 417 g/mol. The third-order valence-electron chi connectivity index (χ3n) is 5.72. The van der Waals surface area contributed by atoms with E-state index in [9.17, 15) is 9.59 Å². The largest absolute Gasteiger partial charge is 0.440 e. The van der Waals surface area contributed by atoms with Gasteiger partial charge in [-0.3, -0.25) is 4.57 Å². The van der Waals surface area contributed by atoms with E-state index in [2.05, 4.69) is 15.3 Å². The van der Waals surface area contributed by atoms with Gasteiger partial charge in [-0.2, -0.15) is 0 Å². The first-order valence-corrected chi connectivity index (χ1v) is 10.4. The zero-order chi connectivity index (χ0) is 21.4. The number of hydrogen-bond acceptors (Lipinski definition) is 4. The van der Waals surface area contributed by atoms with Crippen molar-refractivity contribution in [2.24, 2.45) is 0 Å². The van der Waals surface area contributed by atoms with Crippen molar-refractivity contribution >= 4 is 22.8 Å². The van der Waals surface area contributed by atoms with Crippen molar-refractivity contribution in [2.75, 3.05) is 18.4 Å². The highest BCUT2D eigenvalue weighted by Gasteiger charge is 2.28. The van der Waals surface area contributed by atoms with Gasteiger partial charge >= 0.3 is 11.7 Å². The highest BCUT2D eigenvalue weighted by atomic mass is 16.3. The lowest BCUT2D eigenvalue weighted by molar-refractivity contribution is 0.187. The maximum Gasteiger partial charge on any atom is 0.330 e. The van der Waals surface area contributed by atoms with E-state index < -0.39 is 0 Å². The van der Waals surface area contributed by atoms with E-state index in [0.29, 0.717) is 30.4 Å². The molecule has 4 aromatic rings. The molecule has 2 aromatic carbocycles. The molecule has 3 heterocycles. The van der Waals surface area contributed by atoms with Crippen molar-refractivity contribution in [2.45, 2.75) is 25.7 Å². The number of hydrogen-bond donors (Lipinski definition) is 2. The van der Waals surface area contributed by atoms with Gasteiger partial charge in [0.05, 0.1) is 17.3 Å². The molecule has 0 radical (unpaired) electrons. The van der Waals surface area contributed by atoms with Crippen LogP contribution in [-0.2, 0) is 0 Å². The minimum absolute atomic E-state index is 0.0525. The number of nitrogens with zero attached hydrogens (tertiary/aromatic N) is 3. The molecule has 1 aliphatic rings. The van der Waals surface area contributed by atoms with Crippen molar-refractivity contribution in [3.8, 4) is 5.69 Å². The van der Waals surface area contributed by atoms with Crippen LogP contribution in [0.1, 0.15) is 30.3 Å². The van der Waals surface area contributed by atoms with Gasteiger partial charge in [0.2, 0.25) is 0 Å². The molecule has 1 fully saturated rings. The molecule has 8 nitrogen and oxygen atoms in total. The summed E-state index contributed by atoms with van der Waals surface area (Å²) >= 11 is 0. The van der Waals surface area contributed by atoms with Crippen LogP contribution in [0.15, 0.2) is 63.9 Å². The summed E-state index contributed by atoms with van der Waals surface area (Å²) in [5.74, 6) is 0.727. The SMILES string of the molecule is Cc1c[nH]c(=O)n1-c1ccccc1NC(=O)N1CCCC(c2nc3ccccc3o2)C1. The third-order valence-corrected chi connectivity index (χ3v) is 5.72. The fraction of sp³-hybridized carbons (Fsp3) is 0.261. The van der Waals surface area contributed by atoms with Crippen LogP contribution >= 0.6 is 0 Å². The van der Waals surface area contributed by atoms with E-state index >= 15 is 0 Å². The first-order chi connectivity index (χ1) is 15.1. The molecule has 1 unspecified atom stereocenters. The number of amides is 2. The summed E-state index contributed by atoms with van der Waals surface area (Å²) in [6, 6.07) is 14.8. The molecule has 0 aliphatic carbocycles. The Kier molecular flexibility index (Phi) is 4.82. The minimum atomic E-state index is -0.242. The second-order valence-corrected chi connectivity index (χ2v) is 7.82. The number of piperidine rings is 1. The van der Waals surface area contributed by atoms with Crippen LogP contribution in [0, 0.1) is 6.92 Å². The lowest BCUT2D eigenvalue weighted by Gasteiger charge is -2.31. The second kappa shape index (κ2) is 7.79. The normalized spacial score (nSPS) is 16.5. The Hall–Kier alpha value is -3.81. The third kappa shape index (κ3) is 3.61. The van der Waals surface area contributed by atoms with Gasteiger partial charge in [-0.25, -0.2) is 14.6 Å². The Morgan fingerprint density at radius 2 is 2.00 bits per heavy atom. The number of aromatic amines is 1. The van der Waals surface area contributed by atoms with Crippen LogP contribution in [-0.4, -0.2) is 38.6 Å². The Bertz CT molecular complexity index is 1270. The first kappa shape index (κ1) is 19.2. The van der Waals surface area contributed by atoms with Gasteiger partial charge in [-0.1, -0.05) is 24.3 Å². The number of likely N-dealkylation sites (tertiary alicyclic amines) is 1. The van der Waals surface area contributed by atoms with Crippen LogP contribution in [0.4, 0.5) is 10.5 Å². The van der Waals surface area contributed by atoms with E-state index in [1.54, 1.807) is 21.7 Å². The van der Waals surface area contributed by atoms with E-state index in [1.807, 2.05) is 49.4 Å². The zero-order valence-electron chi connectivity index (χ0n) is 17.2. The van der Waals surface area contributed by atoms with Gasteiger partial charge in [-0.05, 0) is 44.0 Å². The number of H-pyrrole nitrogens is 1. The summed E-state index contributed by atoms with van der Waals surface area (Å²) in [5, 5.41) is 2.98. The van der Waals surface area contributed by atoms with Crippen molar-refractivity contribution in [1.82, 2.24) is 19.4 Å². The van der Waals surface area contributed by atoms with E-state index in [0.717, 1.165) is 29.6 Å². The highest BCUT2D eigenvalue weighted by Crippen LogP contribution is 2.29.